The Morgan fingerprint density at radius 2 is 1.90 bits per heavy atom. The number of non-ortho nitro benzene ring substituents is 1. The summed E-state index contributed by atoms with van der Waals surface area (Å²) in [5.41, 5.74) is 0.736. The molecular formula is C13H10N4O4. The lowest BCUT2D eigenvalue weighted by Gasteiger charge is -2.05. The Hall–Kier alpha value is -3.03. The smallest absolute Gasteiger partial charge is 0.301 e. The van der Waals surface area contributed by atoms with Crippen LogP contribution in [0.5, 0.6) is 0 Å². The van der Waals surface area contributed by atoms with Crippen molar-refractivity contribution in [3.63, 3.8) is 0 Å². The van der Waals surface area contributed by atoms with E-state index in [1.165, 1.54) is 24.3 Å². The van der Waals surface area contributed by atoms with Crippen molar-refractivity contribution in [3.8, 4) is 5.69 Å². The lowest BCUT2D eigenvalue weighted by molar-refractivity contribution is -0.384. The molecule has 21 heavy (non-hydrogen) atoms. The number of hydrogen-bond acceptors (Lipinski definition) is 6. The first-order valence-corrected chi connectivity index (χ1v) is 6.10. The van der Waals surface area contributed by atoms with Gasteiger partial charge < -0.3 is 4.52 Å². The molecule has 0 aliphatic heterocycles. The van der Waals surface area contributed by atoms with E-state index in [1.807, 2.05) is 0 Å². The van der Waals surface area contributed by atoms with Gasteiger partial charge in [-0.1, -0.05) is 5.16 Å². The Morgan fingerprint density at radius 1 is 1.24 bits per heavy atom. The van der Waals surface area contributed by atoms with Crippen molar-refractivity contribution in [2.24, 2.45) is 0 Å². The molecule has 0 bridgehead atoms. The quantitative estimate of drug-likeness (QED) is 0.526. The normalized spacial score (nSPS) is 11.0. The summed E-state index contributed by atoms with van der Waals surface area (Å²) in [5, 5.41) is 19.2. The molecule has 3 aromatic rings. The highest BCUT2D eigenvalue weighted by Crippen LogP contribution is 2.19. The van der Waals surface area contributed by atoms with Crippen LogP contribution in [0, 0.1) is 24.0 Å². The molecular weight excluding hydrogens is 276 g/mol. The van der Waals surface area contributed by atoms with Crippen molar-refractivity contribution < 1.29 is 9.45 Å². The molecule has 106 valence electrons. The average Bonchev–Trinajstić information content (AvgIpc) is 2.86. The van der Waals surface area contributed by atoms with Crippen molar-refractivity contribution in [2.75, 3.05) is 0 Å². The van der Waals surface area contributed by atoms with Gasteiger partial charge in [-0.2, -0.15) is 9.78 Å². The van der Waals surface area contributed by atoms with Crippen LogP contribution in [0.2, 0.25) is 0 Å². The molecule has 0 aliphatic carbocycles. The Bertz CT molecular complexity index is 908. The van der Waals surface area contributed by atoms with Crippen LogP contribution >= 0.6 is 0 Å². The summed E-state index contributed by atoms with van der Waals surface area (Å²) in [6.07, 6.45) is 0. The zero-order valence-electron chi connectivity index (χ0n) is 11.2. The van der Waals surface area contributed by atoms with Crippen LogP contribution in [0.15, 0.2) is 33.6 Å². The van der Waals surface area contributed by atoms with Gasteiger partial charge in [-0.25, -0.2) is 0 Å². The first kappa shape index (κ1) is 13.0. The van der Waals surface area contributed by atoms with E-state index in [0.29, 0.717) is 22.5 Å². The zero-order chi connectivity index (χ0) is 15.1. The third-order valence-electron chi connectivity index (χ3n) is 3.17. The SMILES string of the molecule is Cc1nn(-c2ccc([N+](=O)[O-])cc2)c(=O)c2noc(C)c12. The Morgan fingerprint density at radius 3 is 2.52 bits per heavy atom. The molecule has 8 heteroatoms. The van der Waals surface area contributed by atoms with Gasteiger partial charge in [0, 0.05) is 12.1 Å². The molecule has 0 fully saturated rings. The number of nitro groups is 1. The van der Waals surface area contributed by atoms with Gasteiger partial charge in [0.05, 0.1) is 21.7 Å². The minimum absolute atomic E-state index is 0.0538. The second-order valence-electron chi connectivity index (χ2n) is 4.54. The lowest BCUT2D eigenvalue weighted by Crippen LogP contribution is -2.22. The van der Waals surface area contributed by atoms with E-state index in [1.54, 1.807) is 13.8 Å². The van der Waals surface area contributed by atoms with E-state index in [0.717, 1.165) is 4.68 Å². The van der Waals surface area contributed by atoms with Gasteiger partial charge in [0.1, 0.15) is 5.76 Å². The van der Waals surface area contributed by atoms with Crippen LogP contribution in [-0.4, -0.2) is 19.9 Å². The fraction of sp³-hybridized carbons (Fsp3) is 0.154. The minimum Gasteiger partial charge on any atom is -0.360 e. The van der Waals surface area contributed by atoms with Gasteiger partial charge in [0.15, 0.2) is 5.52 Å². The van der Waals surface area contributed by atoms with Gasteiger partial charge in [0.2, 0.25) is 0 Å². The molecule has 1 aromatic carbocycles. The topological polar surface area (TPSA) is 104 Å². The summed E-state index contributed by atoms with van der Waals surface area (Å²) in [4.78, 5) is 22.5. The van der Waals surface area contributed by atoms with E-state index in [2.05, 4.69) is 10.3 Å². The fourth-order valence-electron chi connectivity index (χ4n) is 2.18. The Balaban J connectivity index is 2.23. The minimum atomic E-state index is -0.505. The lowest BCUT2D eigenvalue weighted by atomic mass is 10.2. The standard InChI is InChI=1S/C13H10N4O4/c1-7-11-8(2)21-15-12(11)13(18)16(14-7)9-3-5-10(6-4-9)17(19)20/h3-6H,1-2H3. The molecule has 2 aromatic heterocycles. The fourth-order valence-corrected chi connectivity index (χ4v) is 2.18. The van der Waals surface area contributed by atoms with E-state index in [-0.39, 0.29) is 11.2 Å². The number of fused-ring (bicyclic) bond motifs is 1. The van der Waals surface area contributed by atoms with Gasteiger partial charge in [-0.15, -0.1) is 0 Å². The monoisotopic (exact) mass is 286 g/mol. The highest BCUT2D eigenvalue weighted by molar-refractivity contribution is 5.81. The summed E-state index contributed by atoms with van der Waals surface area (Å²) in [5.74, 6) is 0.531. The molecule has 0 saturated carbocycles. The van der Waals surface area contributed by atoms with E-state index in [4.69, 9.17) is 4.52 Å². The van der Waals surface area contributed by atoms with Crippen LogP contribution in [0.4, 0.5) is 5.69 Å². The van der Waals surface area contributed by atoms with Gasteiger partial charge in [-0.05, 0) is 26.0 Å². The molecule has 2 heterocycles. The number of nitrogens with zero attached hydrogens (tertiary/aromatic N) is 4. The number of nitro benzene ring substituents is 1. The third kappa shape index (κ3) is 1.97. The van der Waals surface area contributed by atoms with Crippen molar-refractivity contribution in [1.29, 1.82) is 0 Å². The highest BCUT2D eigenvalue weighted by atomic mass is 16.6. The van der Waals surface area contributed by atoms with Crippen molar-refractivity contribution in [1.82, 2.24) is 14.9 Å². The third-order valence-corrected chi connectivity index (χ3v) is 3.17. The maximum Gasteiger partial charge on any atom is 0.301 e. The summed E-state index contributed by atoms with van der Waals surface area (Å²) in [7, 11) is 0. The van der Waals surface area contributed by atoms with Crippen LogP contribution in [0.3, 0.4) is 0 Å². The molecule has 0 saturated heterocycles. The second kappa shape index (κ2) is 4.51. The van der Waals surface area contributed by atoms with Crippen LogP contribution in [0.25, 0.3) is 16.6 Å². The number of aromatic nitrogens is 3. The molecule has 0 amide bonds. The maximum atomic E-state index is 12.4. The summed E-state index contributed by atoms with van der Waals surface area (Å²) in [6, 6.07) is 5.56. The predicted molar refractivity (Wildman–Crippen MR) is 73.5 cm³/mol. The number of aryl methyl sites for hydroxylation is 2. The van der Waals surface area contributed by atoms with Crippen LogP contribution in [0.1, 0.15) is 11.5 Å². The first-order chi connectivity index (χ1) is 9.99. The van der Waals surface area contributed by atoms with E-state index in [9.17, 15) is 14.9 Å². The molecule has 8 nitrogen and oxygen atoms in total. The maximum absolute atomic E-state index is 12.4. The number of rotatable bonds is 2. The van der Waals surface area contributed by atoms with Gasteiger partial charge >= 0.3 is 5.56 Å². The summed E-state index contributed by atoms with van der Waals surface area (Å²) >= 11 is 0. The van der Waals surface area contributed by atoms with Crippen molar-refractivity contribution in [2.45, 2.75) is 13.8 Å². The molecule has 0 radical (unpaired) electrons. The van der Waals surface area contributed by atoms with E-state index < -0.39 is 10.5 Å². The molecule has 0 spiro atoms. The van der Waals surface area contributed by atoms with Crippen molar-refractivity contribution in [3.05, 3.63) is 56.2 Å². The molecule has 0 unspecified atom stereocenters. The molecule has 0 atom stereocenters. The summed E-state index contributed by atoms with van der Waals surface area (Å²) in [6.45, 7) is 3.45. The zero-order valence-corrected chi connectivity index (χ0v) is 11.2. The summed E-state index contributed by atoms with van der Waals surface area (Å²) < 4.78 is 6.18. The Labute approximate surface area is 117 Å². The highest BCUT2D eigenvalue weighted by Gasteiger charge is 2.16. The molecule has 0 aliphatic rings. The predicted octanol–water partition coefficient (Wildman–Crippen LogP) is 1.90. The first-order valence-electron chi connectivity index (χ1n) is 6.10. The van der Waals surface area contributed by atoms with Crippen LogP contribution < -0.4 is 5.56 Å². The van der Waals surface area contributed by atoms with Gasteiger partial charge in [0.25, 0.3) is 5.69 Å². The average molecular weight is 286 g/mol. The molecule has 3 rings (SSSR count). The largest absolute Gasteiger partial charge is 0.360 e. The van der Waals surface area contributed by atoms with Crippen LogP contribution in [-0.2, 0) is 0 Å². The molecule has 0 N–H and O–H groups in total. The number of benzene rings is 1. The number of hydrogen-bond donors (Lipinski definition) is 0. The van der Waals surface area contributed by atoms with Gasteiger partial charge in [-0.3, -0.25) is 14.9 Å². The Kier molecular flexibility index (Phi) is 2.79. The second-order valence-corrected chi connectivity index (χ2v) is 4.54. The van der Waals surface area contributed by atoms with E-state index >= 15 is 0 Å². The van der Waals surface area contributed by atoms with Crippen molar-refractivity contribution >= 4 is 16.6 Å².